The van der Waals surface area contributed by atoms with Gasteiger partial charge in [-0.05, 0) is 36.8 Å². The fourth-order valence-corrected chi connectivity index (χ4v) is 2.14. The number of halogens is 1. The van der Waals surface area contributed by atoms with E-state index in [0.717, 1.165) is 21.3 Å². The first-order chi connectivity index (χ1) is 9.06. The molecule has 0 saturated heterocycles. The zero-order chi connectivity index (χ0) is 13.8. The van der Waals surface area contributed by atoms with Crippen LogP contribution >= 0.6 is 15.9 Å². The minimum atomic E-state index is 0.0730. The van der Waals surface area contributed by atoms with Crippen molar-refractivity contribution in [2.45, 2.75) is 13.5 Å². The molecular weight excluding hydrogens is 304 g/mol. The number of nitrogens with two attached hydrogens (primary N) is 1. The van der Waals surface area contributed by atoms with Crippen LogP contribution in [0.5, 0.6) is 0 Å². The molecule has 3 N–H and O–H groups in total. The number of hydrogen-bond donors (Lipinski definition) is 2. The summed E-state index contributed by atoms with van der Waals surface area (Å²) in [4.78, 5) is 11.3. The van der Waals surface area contributed by atoms with Gasteiger partial charge in [0.2, 0.25) is 0 Å². The Hall–Kier alpha value is -1.81. The van der Waals surface area contributed by atoms with Crippen molar-refractivity contribution in [3.8, 4) is 0 Å². The summed E-state index contributed by atoms with van der Waals surface area (Å²) in [5.74, 6) is 0.0730. The summed E-state index contributed by atoms with van der Waals surface area (Å²) in [7, 11) is 0. The summed E-state index contributed by atoms with van der Waals surface area (Å²) < 4.78 is 0.974. The van der Waals surface area contributed by atoms with Gasteiger partial charge in [-0.25, -0.2) is 0 Å². The largest absolute Gasteiger partial charge is 0.397 e. The number of carbonyl (C=O) groups is 1. The minimum absolute atomic E-state index is 0.0730. The summed E-state index contributed by atoms with van der Waals surface area (Å²) in [6.07, 6.45) is 0. The lowest BCUT2D eigenvalue weighted by atomic mass is 10.1. The topological polar surface area (TPSA) is 55.1 Å². The minimum Gasteiger partial charge on any atom is -0.397 e. The predicted octanol–water partition coefficient (Wildman–Crippen LogP) is 3.85. The van der Waals surface area contributed by atoms with Gasteiger partial charge in [0.25, 0.3) is 0 Å². The molecule has 0 aromatic heterocycles. The number of benzene rings is 2. The SMILES string of the molecule is CC(=O)c1cccc(CNc2cc(Br)ccc2N)c1. The summed E-state index contributed by atoms with van der Waals surface area (Å²) >= 11 is 3.41. The molecular formula is C15H15BrN2O. The lowest BCUT2D eigenvalue weighted by Gasteiger charge is -2.10. The number of ketones is 1. The van der Waals surface area contributed by atoms with E-state index < -0.39 is 0 Å². The van der Waals surface area contributed by atoms with Gasteiger partial charge >= 0.3 is 0 Å². The highest BCUT2D eigenvalue weighted by molar-refractivity contribution is 9.10. The number of anilines is 2. The molecule has 0 aliphatic heterocycles. The van der Waals surface area contributed by atoms with E-state index in [4.69, 9.17) is 5.73 Å². The van der Waals surface area contributed by atoms with E-state index in [1.165, 1.54) is 0 Å². The van der Waals surface area contributed by atoms with Gasteiger partial charge in [-0.3, -0.25) is 4.79 Å². The molecule has 0 fully saturated rings. The maximum absolute atomic E-state index is 11.3. The highest BCUT2D eigenvalue weighted by atomic mass is 79.9. The maximum atomic E-state index is 11.3. The third-order valence-corrected chi connectivity index (χ3v) is 3.33. The van der Waals surface area contributed by atoms with E-state index in [1.54, 1.807) is 6.92 Å². The smallest absolute Gasteiger partial charge is 0.159 e. The van der Waals surface area contributed by atoms with Crippen LogP contribution in [-0.2, 0) is 6.54 Å². The molecule has 4 heteroatoms. The molecule has 0 bridgehead atoms. The van der Waals surface area contributed by atoms with Gasteiger partial charge in [-0.1, -0.05) is 34.1 Å². The van der Waals surface area contributed by atoms with Crippen LogP contribution in [0, 0.1) is 0 Å². The Morgan fingerprint density at radius 3 is 2.79 bits per heavy atom. The quantitative estimate of drug-likeness (QED) is 0.665. The molecule has 0 aliphatic carbocycles. The molecule has 0 unspecified atom stereocenters. The number of nitrogens with one attached hydrogen (secondary N) is 1. The van der Waals surface area contributed by atoms with Gasteiger partial charge in [0, 0.05) is 16.6 Å². The molecule has 0 atom stereocenters. The molecule has 0 amide bonds. The normalized spacial score (nSPS) is 10.2. The number of rotatable bonds is 4. The van der Waals surface area contributed by atoms with Crippen LogP contribution < -0.4 is 11.1 Å². The number of carbonyl (C=O) groups excluding carboxylic acids is 1. The molecule has 0 heterocycles. The molecule has 2 rings (SSSR count). The predicted molar refractivity (Wildman–Crippen MR) is 82.3 cm³/mol. The Kier molecular flexibility index (Phi) is 4.22. The average Bonchev–Trinajstić information content (AvgIpc) is 2.40. The van der Waals surface area contributed by atoms with Crippen LogP contribution in [0.4, 0.5) is 11.4 Å². The van der Waals surface area contributed by atoms with Crippen LogP contribution in [0.3, 0.4) is 0 Å². The molecule has 0 radical (unpaired) electrons. The van der Waals surface area contributed by atoms with Crippen molar-refractivity contribution in [3.05, 3.63) is 58.1 Å². The van der Waals surface area contributed by atoms with E-state index in [9.17, 15) is 4.79 Å². The van der Waals surface area contributed by atoms with E-state index in [-0.39, 0.29) is 5.78 Å². The highest BCUT2D eigenvalue weighted by Crippen LogP contribution is 2.23. The van der Waals surface area contributed by atoms with Gasteiger partial charge in [-0.2, -0.15) is 0 Å². The second kappa shape index (κ2) is 5.89. The lowest BCUT2D eigenvalue weighted by Crippen LogP contribution is -2.03. The highest BCUT2D eigenvalue weighted by Gasteiger charge is 2.02. The Bertz CT molecular complexity index is 611. The first-order valence-corrected chi connectivity index (χ1v) is 6.74. The average molecular weight is 319 g/mol. The third kappa shape index (κ3) is 3.58. The van der Waals surface area contributed by atoms with Crippen LogP contribution in [0.1, 0.15) is 22.8 Å². The van der Waals surface area contributed by atoms with Crippen molar-refractivity contribution in [3.63, 3.8) is 0 Å². The van der Waals surface area contributed by atoms with E-state index in [2.05, 4.69) is 21.2 Å². The number of hydrogen-bond acceptors (Lipinski definition) is 3. The summed E-state index contributed by atoms with van der Waals surface area (Å²) in [5.41, 5.74) is 9.24. The van der Waals surface area contributed by atoms with Gasteiger partial charge in [0.05, 0.1) is 11.4 Å². The first kappa shape index (κ1) is 13.6. The Morgan fingerprint density at radius 1 is 1.26 bits per heavy atom. The molecule has 0 spiro atoms. The van der Waals surface area contributed by atoms with Gasteiger partial charge in [-0.15, -0.1) is 0 Å². The van der Waals surface area contributed by atoms with Crippen molar-refractivity contribution in [1.29, 1.82) is 0 Å². The summed E-state index contributed by atoms with van der Waals surface area (Å²) in [6.45, 7) is 2.20. The van der Waals surface area contributed by atoms with Crippen molar-refractivity contribution >= 4 is 33.1 Å². The van der Waals surface area contributed by atoms with Crippen LogP contribution in [-0.4, -0.2) is 5.78 Å². The van der Waals surface area contributed by atoms with Gasteiger partial charge in [0.15, 0.2) is 5.78 Å². The zero-order valence-electron chi connectivity index (χ0n) is 10.6. The molecule has 0 saturated carbocycles. The first-order valence-electron chi connectivity index (χ1n) is 5.95. The van der Waals surface area contributed by atoms with E-state index in [1.807, 2.05) is 42.5 Å². The monoisotopic (exact) mass is 318 g/mol. The van der Waals surface area contributed by atoms with Crippen molar-refractivity contribution < 1.29 is 4.79 Å². The molecule has 3 nitrogen and oxygen atoms in total. The Balaban J connectivity index is 2.12. The number of Topliss-reactive ketones (excluding diaryl/α,β-unsaturated/α-hetero) is 1. The van der Waals surface area contributed by atoms with Crippen LogP contribution in [0.15, 0.2) is 46.9 Å². The van der Waals surface area contributed by atoms with E-state index >= 15 is 0 Å². The molecule has 98 valence electrons. The molecule has 2 aromatic rings. The molecule has 2 aromatic carbocycles. The lowest BCUT2D eigenvalue weighted by molar-refractivity contribution is 0.101. The fraction of sp³-hybridized carbons (Fsp3) is 0.133. The molecule has 0 aliphatic rings. The third-order valence-electron chi connectivity index (χ3n) is 2.83. The molecule has 19 heavy (non-hydrogen) atoms. The second-order valence-electron chi connectivity index (χ2n) is 4.34. The van der Waals surface area contributed by atoms with Crippen molar-refractivity contribution in [2.24, 2.45) is 0 Å². The maximum Gasteiger partial charge on any atom is 0.159 e. The Morgan fingerprint density at radius 2 is 2.05 bits per heavy atom. The van der Waals surface area contributed by atoms with Gasteiger partial charge < -0.3 is 11.1 Å². The Labute approximate surface area is 121 Å². The van der Waals surface area contributed by atoms with Crippen molar-refractivity contribution in [2.75, 3.05) is 11.1 Å². The summed E-state index contributed by atoms with van der Waals surface area (Å²) in [5, 5.41) is 3.27. The second-order valence-corrected chi connectivity index (χ2v) is 5.26. The van der Waals surface area contributed by atoms with Crippen LogP contribution in [0.2, 0.25) is 0 Å². The fourth-order valence-electron chi connectivity index (χ4n) is 1.78. The van der Waals surface area contributed by atoms with Crippen molar-refractivity contribution in [1.82, 2.24) is 0 Å². The zero-order valence-corrected chi connectivity index (χ0v) is 12.2. The standard InChI is InChI=1S/C15H15BrN2O/c1-10(19)12-4-2-3-11(7-12)9-18-15-8-13(16)5-6-14(15)17/h2-8,18H,9,17H2,1H3. The number of nitrogen functional groups attached to an aromatic ring is 1. The van der Waals surface area contributed by atoms with Gasteiger partial charge in [0.1, 0.15) is 0 Å². The summed E-state index contributed by atoms with van der Waals surface area (Å²) in [6, 6.07) is 13.3. The van der Waals surface area contributed by atoms with E-state index in [0.29, 0.717) is 12.2 Å². The van der Waals surface area contributed by atoms with Crippen LogP contribution in [0.25, 0.3) is 0 Å².